The van der Waals surface area contributed by atoms with Crippen molar-refractivity contribution in [2.24, 2.45) is 0 Å². The van der Waals surface area contributed by atoms with Gasteiger partial charge in [0.2, 0.25) is 5.78 Å². The molecule has 0 amide bonds. The van der Waals surface area contributed by atoms with Gasteiger partial charge >= 0.3 is 0 Å². The molecule has 0 N–H and O–H groups in total. The van der Waals surface area contributed by atoms with E-state index in [-0.39, 0.29) is 11.2 Å². The second kappa shape index (κ2) is 4.91. The molecular weight excluding hydrogens is 328 g/mol. The van der Waals surface area contributed by atoms with Crippen molar-refractivity contribution in [3.63, 3.8) is 0 Å². The van der Waals surface area contributed by atoms with Gasteiger partial charge in [-0.25, -0.2) is 0 Å². The molecule has 2 rings (SSSR count). The summed E-state index contributed by atoms with van der Waals surface area (Å²) in [4.78, 5) is 15.2. The number of thiophene rings is 2. The minimum atomic E-state index is 0.106. The van der Waals surface area contributed by atoms with Gasteiger partial charge in [0.05, 0.1) is 13.5 Å². The minimum Gasteiger partial charge on any atom is -0.287 e. The van der Waals surface area contributed by atoms with Crippen LogP contribution in [0.25, 0.3) is 0 Å². The Labute approximate surface area is 124 Å². The fraction of sp³-hybridized carbons (Fsp3) is 0.357. The van der Waals surface area contributed by atoms with Gasteiger partial charge < -0.3 is 0 Å². The Hall–Kier alpha value is -0.450. The van der Waals surface area contributed by atoms with Crippen LogP contribution in [0.1, 0.15) is 45.8 Å². The summed E-state index contributed by atoms with van der Waals surface area (Å²) in [5.41, 5.74) is 1.23. The zero-order chi connectivity index (χ0) is 13.5. The highest BCUT2D eigenvalue weighted by Gasteiger charge is 2.20. The number of halogens is 1. The fourth-order valence-electron chi connectivity index (χ4n) is 1.56. The van der Waals surface area contributed by atoms with Gasteiger partial charge in [-0.3, -0.25) is 4.79 Å². The third-order valence-corrected chi connectivity index (χ3v) is 6.30. The van der Waals surface area contributed by atoms with Crippen LogP contribution in [0.4, 0.5) is 0 Å². The van der Waals surface area contributed by atoms with Gasteiger partial charge in [-0.1, -0.05) is 20.8 Å². The summed E-state index contributed by atoms with van der Waals surface area (Å²) < 4.78 is 1.04. The number of aryl methyl sites for hydroxylation is 1. The lowest BCUT2D eigenvalue weighted by molar-refractivity contribution is 0.104. The van der Waals surface area contributed by atoms with E-state index in [0.29, 0.717) is 0 Å². The van der Waals surface area contributed by atoms with E-state index in [0.717, 1.165) is 19.1 Å². The number of rotatable bonds is 2. The molecule has 0 spiro atoms. The topological polar surface area (TPSA) is 17.1 Å². The Balaban J connectivity index is 2.32. The van der Waals surface area contributed by atoms with Gasteiger partial charge in [-0.15, -0.1) is 22.7 Å². The quantitative estimate of drug-likeness (QED) is 0.667. The Morgan fingerprint density at radius 3 is 2.28 bits per heavy atom. The van der Waals surface area contributed by atoms with Crippen LogP contribution in [-0.4, -0.2) is 5.78 Å². The predicted molar refractivity (Wildman–Crippen MR) is 83.2 cm³/mol. The average molecular weight is 343 g/mol. The standard InChI is InChI=1S/C14H15BrOS2/c1-8-7-10(18-13(8)15)12(16)9-5-6-11(17-9)14(2,3)4/h5-7H,1-4H3. The number of carbonyl (C=O) groups excluding carboxylic acids is 1. The average Bonchev–Trinajstić information content (AvgIpc) is 2.85. The second-order valence-electron chi connectivity index (χ2n) is 5.31. The Kier molecular flexibility index (Phi) is 3.81. The first-order valence-electron chi connectivity index (χ1n) is 5.70. The molecule has 0 aliphatic carbocycles. The van der Waals surface area contributed by atoms with Gasteiger partial charge in [0.25, 0.3) is 0 Å². The van der Waals surface area contributed by atoms with Crippen LogP contribution in [-0.2, 0) is 5.41 Å². The van der Waals surface area contributed by atoms with E-state index in [4.69, 9.17) is 0 Å². The monoisotopic (exact) mass is 342 g/mol. The summed E-state index contributed by atoms with van der Waals surface area (Å²) in [6, 6.07) is 5.96. The van der Waals surface area contributed by atoms with Crippen molar-refractivity contribution < 1.29 is 4.79 Å². The summed E-state index contributed by atoms with van der Waals surface area (Å²) in [5, 5.41) is 0. The van der Waals surface area contributed by atoms with Crippen LogP contribution in [0.15, 0.2) is 22.0 Å². The highest BCUT2D eigenvalue weighted by atomic mass is 79.9. The van der Waals surface area contributed by atoms with Crippen LogP contribution in [0.5, 0.6) is 0 Å². The molecule has 0 fully saturated rings. The molecule has 2 aromatic rings. The highest BCUT2D eigenvalue weighted by molar-refractivity contribution is 9.11. The van der Waals surface area contributed by atoms with Gasteiger partial charge in [-0.2, -0.15) is 0 Å². The number of hydrogen-bond acceptors (Lipinski definition) is 3. The molecule has 1 nitrogen and oxygen atoms in total. The smallest absolute Gasteiger partial charge is 0.212 e. The van der Waals surface area contributed by atoms with E-state index in [1.54, 1.807) is 11.3 Å². The van der Waals surface area contributed by atoms with Crippen LogP contribution in [0.2, 0.25) is 0 Å². The molecule has 18 heavy (non-hydrogen) atoms. The van der Waals surface area contributed by atoms with E-state index in [1.165, 1.54) is 16.2 Å². The summed E-state index contributed by atoms with van der Waals surface area (Å²) in [5.74, 6) is 0.134. The van der Waals surface area contributed by atoms with Gasteiger partial charge in [0.15, 0.2) is 0 Å². The van der Waals surface area contributed by atoms with Crippen LogP contribution in [0.3, 0.4) is 0 Å². The Morgan fingerprint density at radius 1 is 1.17 bits per heavy atom. The number of hydrogen-bond donors (Lipinski definition) is 0. The molecule has 96 valence electrons. The van der Waals surface area contributed by atoms with Crippen molar-refractivity contribution >= 4 is 44.4 Å². The Morgan fingerprint density at radius 2 is 1.83 bits per heavy atom. The molecular formula is C14H15BrOS2. The molecule has 0 aromatic carbocycles. The largest absolute Gasteiger partial charge is 0.287 e. The van der Waals surface area contributed by atoms with Crippen molar-refractivity contribution in [1.29, 1.82) is 0 Å². The van der Waals surface area contributed by atoms with Gasteiger partial charge in [-0.05, 0) is 52.0 Å². The number of carbonyl (C=O) groups is 1. The molecule has 0 unspecified atom stereocenters. The third-order valence-electron chi connectivity index (χ3n) is 2.65. The molecule has 0 saturated carbocycles. The van der Waals surface area contributed by atoms with Crippen molar-refractivity contribution in [2.75, 3.05) is 0 Å². The fourth-order valence-corrected chi connectivity index (χ4v) is 4.13. The summed E-state index contributed by atoms with van der Waals surface area (Å²) in [6.45, 7) is 8.50. The first-order chi connectivity index (χ1) is 8.29. The lowest BCUT2D eigenvalue weighted by Gasteiger charge is -2.15. The second-order valence-corrected chi connectivity index (χ2v) is 8.76. The van der Waals surface area contributed by atoms with E-state index in [2.05, 4.69) is 42.8 Å². The van der Waals surface area contributed by atoms with E-state index < -0.39 is 0 Å². The van der Waals surface area contributed by atoms with Crippen LogP contribution >= 0.6 is 38.6 Å². The van der Waals surface area contributed by atoms with Crippen LogP contribution in [0, 0.1) is 6.92 Å². The lowest BCUT2D eigenvalue weighted by Crippen LogP contribution is -2.07. The molecule has 0 bridgehead atoms. The maximum absolute atomic E-state index is 12.4. The maximum atomic E-state index is 12.4. The molecule has 0 aliphatic rings. The highest BCUT2D eigenvalue weighted by Crippen LogP contribution is 2.33. The van der Waals surface area contributed by atoms with Crippen molar-refractivity contribution in [2.45, 2.75) is 33.1 Å². The van der Waals surface area contributed by atoms with E-state index in [9.17, 15) is 4.79 Å². The zero-order valence-corrected chi connectivity index (χ0v) is 14.1. The summed E-state index contributed by atoms with van der Waals surface area (Å²) >= 11 is 6.57. The molecule has 0 atom stereocenters. The maximum Gasteiger partial charge on any atom is 0.212 e. The van der Waals surface area contributed by atoms with E-state index >= 15 is 0 Å². The SMILES string of the molecule is Cc1cc(C(=O)c2ccc(C(C)(C)C)s2)sc1Br. The van der Waals surface area contributed by atoms with Crippen molar-refractivity contribution in [1.82, 2.24) is 0 Å². The first-order valence-corrected chi connectivity index (χ1v) is 8.12. The number of ketones is 1. The summed E-state index contributed by atoms with van der Waals surface area (Å²) in [6.07, 6.45) is 0. The predicted octanol–water partition coefficient (Wildman–Crippen LogP) is 5.41. The van der Waals surface area contributed by atoms with Crippen molar-refractivity contribution in [3.8, 4) is 0 Å². The molecule has 0 saturated heterocycles. The van der Waals surface area contributed by atoms with Gasteiger partial charge in [0.1, 0.15) is 0 Å². The molecule has 4 heteroatoms. The zero-order valence-electron chi connectivity index (χ0n) is 10.8. The van der Waals surface area contributed by atoms with Crippen molar-refractivity contribution in [3.05, 3.63) is 42.2 Å². The molecule has 2 aromatic heterocycles. The van der Waals surface area contributed by atoms with Crippen LogP contribution < -0.4 is 0 Å². The molecule has 0 radical (unpaired) electrons. The Bertz CT molecular complexity index is 568. The lowest BCUT2D eigenvalue weighted by atomic mass is 9.95. The van der Waals surface area contributed by atoms with E-state index in [1.807, 2.05) is 19.1 Å². The summed E-state index contributed by atoms with van der Waals surface area (Å²) in [7, 11) is 0. The first kappa shape index (κ1) is 14.0. The normalized spacial score (nSPS) is 11.8. The molecule has 0 aliphatic heterocycles. The minimum absolute atomic E-state index is 0.106. The third kappa shape index (κ3) is 2.76. The van der Waals surface area contributed by atoms with Gasteiger partial charge in [0, 0.05) is 4.88 Å². The molecule has 2 heterocycles.